The zero-order valence-corrected chi connectivity index (χ0v) is 16.5. The summed E-state index contributed by atoms with van der Waals surface area (Å²) in [6.07, 6.45) is 1.68. The number of aliphatic imine (C=N–C) groups is 1. The molecule has 0 bridgehead atoms. The number of aryl methyl sites for hydroxylation is 2. The zero-order chi connectivity index (χ0) is 18.1. The van der Waals surface area contributed by atoms with Crippen LogP contribution in [0.25, 0.3) is 0 Å². The average Bonchev–Trinajstić information content (AvgIpc) is 3.03. The van der Waals surface area contributed by atoms with Gasteiger partial charge in [0.05, 0.1) is 12.2 Å². The molecule has 2 aromatic rings. The summed E-state index contributed by atoms with van der Waals surface area (Å²) in [5.41, 5.74) is 2.12. The summed E-state index contributed by atoms with van der Waals surface area (Å²) in [7, 11) is 1.75. The van der Waals surface area contributed by atoms with Crippen LogP contribution in [0.15, 0.2) is 38.3 Å². The highest BCUT2D eigenvalue weighted by Crippen LogP contribution is 2.17. The van der Waals surface area contributed by atoms with Crippen LogP contribution in [0.5, 0.6) is 5.75 Å². The number of hydrogen-bond acceptors (Lipinski definition) is 4. The summed E-state index contributed by atoms with van der Waals surface area (Å²) in [6, 6.07) is 7.79. The highest BCUT2D eigenvalue weighted by Gasteiger charge is 2.13. The Morgan fingerprint density at radius 1 is 1.28 bits per heavy atom. The maximum atomic E-state index is 5.70. The van der Waals surface area contributed by atoms with E-state index in [4.69, 9.17) is 9.26 Å². The van der Waals surface area contributed by atoms with Crippen molar-refractivity contribution in [2.45, 2.75) is 33.2 Å². The van der Waals surface area contributed by atoms with E-state index in [0.717, 1.165) is 46.0 Å². The van der Waals surface area contributed by atoms with Crippen molar-refractivity contribution in [3.8, 4) is 5.75 Å². The topological polar surface area (TPSA) is 71.7 Å². The lowest BCUT2D eigenvalue weighted by atomic mass is 10.1. The van der Waals surface area contributed by atoms with Crippen LogP contribution in [0.1, 0.15) is 30.9 Å². The van der Waals surface area contributed by atoms with Gasteiger partial charge in [-0.15, -0.1) is 0 Å². The molecule has 0 spiro atoms. The second kappa shape index (κ2) is 10.1. The Hall–Kier alpha value is -2.02. The minimum absolute atomic E-state index is 0.546. The molecule has 25 heavy (non-hydrogen) atoms. The molecule has 2 N–H and O–H groups in total. The largest absolute Gasteiger partial charge is 0.492 e. The van der Waals surface area contributed by atoms with Crippen LogP contribution in [0.2, 0.25) is 0 Å². The van der Waals surface area contributed by atoms with Gasteiger partial charge in [0.15, 0.2) is 5.96 Å². The standard InChI is InChI=1S/C18H25BrN4O2/c1-4-16-15(17(5-2)25-23-16)12-22-18(20-3)21-9-10-24-14-8-6-7-13(19)11-14/h6-8,11H,4-5,9-10,12H2,1-3H3,(H2,20,21,22). The number of rotatable bonds is 8. The van der Waals surface area contributed by atoms with E-state index in [1.165, 1.54) is 0 Å². The summed E-state index contributed by atoms with van der Waals surface area (Å²) in [6.45, 7) is 5.98. The molecular formula is C18H25BrN4O2. The molecule has 1 aromatic carbocycles. The Balaban J connectivity index is 1.78. The highest BCUT2D eigenvalue weighted by atomic mass is 79.9. The SMILES string of the molecule is CCc1noc(CC)c1CNC(=NC)NCCOc1cccc(Br)c1. The van der Waals surface area contributed by atoms with Crippen molar-refractivity contribution in [3.63, 3.8) is 0 Å². The smallest absolute Gasteiger partial charge is 0.191 e. The summed E-state index contributed by atoms with van der Waals surface area (Å²) in [5.74, 6) is 2.49. The van der Waals surface area contributed by atoms with Crippen LogP contribution >= 0.6 is 15.9 Å². The molecule has 0 unspecified atom stereocenters. The molecule has 0 saturated carbocycles. The van der Waals surface area contributed by atoms with Crippen molar-refractivity contribution >= 4 is 21.9 Å². The Morgan fingerprint density at radius 2 is 2.12 bits per heavy atom. The lowest BCUT2D eigenvalue weighted by Gasteiger charge is -2.13. The van der Waals surface area contributed by atoms with Gasteiger partial charge in [-0.3, -0.25) is 4.99 Å². The molecule has 0 saturated heterocycles. The molecule has 0 aliphatic carbocycles. The molecule has 136 valence electrons. The summed E-state index contributed by atoms with van der Waals surface area (Å²) in [5, 5.41) is 10.7. The Bertz CT molecular complexity index is 679. The Kier molecular flexibility index (Phi) is 7.78. The van der Waals surface area contributed by atoms with E-state index in [2.05, 4.69) is 50.6 Å². The van der Waals surface area contributed by atoms with Crippen LogP contribution in [-0.2, 0) is 19.4 Å². The van der Waals surface area contributed by atoms with Crippen molar-refractivity contribution in [3.05, 3.63) is 45.8 Å². The number of benzene rings is 1. The number of nitrogens with zero attached hydrogens (tertiary/aromatic N) is 2. The fourth-order valence-corrected chi connectivity index (χ4v) is 2.80. The molecular weight excluding hydrogens is 384 g/mol. The minimum atomic E-state index is 0.546. The van der Waals surface area contributed by atoms with Gasteiger partial charge < -0.3 is 19.9 Å². The molecule has 0 amide bonds. The molecule has 1 aromatic heterocycles. The third-order valence-corrected chi connectivity index (χ3v) is 4.22. The molecule has 0 aliphatic rings. The first kappa shape index (κ1) is 19.3. The molecule has 0 atom stereocenters. The maximum absolute atomic E-state index is 5.70. The Labute approximate surface area is 157 Å². The summed E-state index contributed by atoms with van der Waals surface area (Å²) < 4.78 is 12.1. The van der Waals surface area contributed by atoms with E-state index in [1.807, 2.05) is 24.3 Å². The molecule has 0 radical (unpaired) electrons. The van der Waals surface area contributed by atoms with Gasteiger partial charge in [0.2, 0.25) is 0 Å². The molecule has 2 rings (SSSR count). The number of guanidine groups is 1. The lowest BCUT2D eigenvalue weighted by Crippen LogP contribution is -2.39. The number of hydrogen-bond donors (Lipinski definition) is 2. The van der Waals surface area contributed by atoms with Crippen LogP contribution in [0, 0.1) is 0 Å². The predicted octanol–water partition coefficient (Wildman–Crippen LogP) is 3.31. The third-order valence-electron chi connectivity index (χ3n) is 3.72. The quantitative estimate of drug-likeness (QED) is 0.398. The fraction of sp³-hybridized carbons (Fsp3) is 0.444. The molecule has 0 fully saturated rings. The van der Waals surface area contributed by atoms with Gasteiger partial charge in [-0.2, -0.15) is 0 Å². The lowest BCUT2D eigenvalue weighted by molar-refractivity contribution is 0.321. The fourth-order valence-electron chi connectivity index (χ4n) is 2.43. The van der Waals surface area contributed by atoms with Crippen LogP contribution in [0.3, 0.4) is 0 Å². The van der Waals surface area contributed by atoms with E-state index >= 15 is 0 Å². The second-order valence-corrected chi connectivity index (χ2v) is 6.31. The van der Waals surface area contributed by atoms with Gasteiger partial charge in [-0.05, 0) is 24.6 Å². The number of aromatic nitrogens is 1. The van der Waals surface area contributed by atoms with Gasteiger partial charge in [0.25, 0.3) is 0 Å². The van der Waals surface area contributed by atoms with Crippen molar-refractivity contribution < 1.29 is 9.26 Å². The molecule has 7 heteroatoms. The van der Waals surface area contributed by atoms with Crippen molar-refractivity contribution in [2.24, 2.45) is 4.99 Å². The zero-order valence-electron chi connectivity index (χ0n) is 14.9. The second-order valence-electron chi connectivity index (χ2n) is 5.40. The van der Waals surface area contributed by atoms with E-state index < -0.39 is 0 Å². The molecule has 0 aliphatic heterocycles. The highest BCUT2D eigenvalue weighted by molar-refractivity contribution is 9.10. The average molecular weight is 409 g/mol. The van der Waals surface area contributed by atoms with Crippen molar-refractivity contribution in [1.29, 1.82) is 0 Å². The first-order valence-corrected chi connectivity index (χ1v) is 9.26. The van der Waals surface area contributed by atoms with Gasteiger partial charge >= 0.3 is 0 Å². The van der Waals surface area contributed by atoms with Crippen LogP contribution < -0.4 is 15.4 Å². The van der Waals surface area contributed by atoms with E-state index in [-0.39, 0.29) is 0 Å². The van der Waals surface area contributed by atoms with Crippen molar-refractivity contribution in [1.82, 2.24) is 15.8 Å². The van der Waals surface area contributed by atoms with Gasteiger partial charge in [0.1, 0.15) is 18.1 Å². The van der Waals surface area contributed by atoms with Gasteiger partial charge in [-0.1, -0.05) is 41.0 Å². The molecule has 1 heterocycles. The first-order chi connectivity index (χ1) is 12.2. The van der Waals surface area contributed by atoms with Crippen LogP contribution in [0.4, 0.5) is 0 Å². The first-order valence-electron chi connectivity index (χ1n) is 8.47. The van der Waals surface area contributed by atoms with E-state index in [9.17, 15) is 0 Å². The van der Waals surface area contributed by atoms with Crippen LogP contribution in [-0.4, -0.2) is 31.3 Å². The normalized spacial score (nSPS) is 11.4. The van der Waals surface area contributed by atoms with E-state index in [0.29, 0.717) is 19.7 Å². The predicted molar refractivity (Wildman–Crippen MR) is 103 cm³/mol. The van der Waals surface area contributed by atoms with Gasteiger partial charge in [0, 0.05) is 30.0 Å². The number of nitrogens with one attached hydrogen (secondary N) is 2. The minimum Gasteiger partial charge on any atom is -0.492 e. The number of ether oxygens (including phenoxy) is 1. The third kappa shape index (κ3) is 5.77. The summed E-state index contributed by atoms with van der Waals surface area (Å²) in [4.78, 5) is 4.24. The van der Waals surface area contributed by atoms with Crippen molar-refractivity contribution in [2.75, 3.05) is 20.2 Å². The number of halogens is 1. The summed E-state index contributed by atoms with van der Waals surface area (Å²) >= 11 is 3.43. The van der Waals surface area contributed by atoms with E-state index in [1.54, 1.807) is 7.05 Å². The maximum Gasteiger partial charge on any atom is 0.191 e. The monoisotopic (exact) mass is 408 g/mol. The van der Waals surface area contributed by atoms with Gasteiger partial charge in [-0.25, -0.2) is 0 Å². The Morgan fingerprint density at radius 3 is 2.80 bits per heavy atom. The molecule has 6 nitrogen and oxygen atoms in total.